The Labute approximate surface area is 204 Å². The fourth-order valence-corrected chi connectivity index (χ4v) is 4.66. The number of rotatable bonds is 11. The van der Waals surface area contributed by atoms with Crippen molar-refractivity contribution >= 4 is 41.7 Å². The summed E-state index contributed by atoms with van der Waals surface area (Å²) in [5.74, 6) is 3.64. The molecule has 172 valence electrons. The molecule has 0 bridgehead atoms. The van der Waals surface area contributed by atoms with Gasteiger partial charge in [-0.15, -0.1) is 24.0 Å². The van der Waals surface area contributed by atoms with Gasteiger partial charge in [-0.1, -0.05) is 19.9 Å². The number of halogens is 1. The molecule has 8 heteroatoms. The Morgan fingerprint density at radius 1 is 1.23 bits per heavy atom. The van der Waals surface area contributed by atoms with Crippen LogP contribution in [0.4, 0.5) is 0 Å². The number of benzene rings is 1. The molecule has 0 amide bonds. The zero-order valence-corrected chi connectivity index (χ0v) is 22.3. The lowest BCUT2D eigenvalue weighted by Crippen LogP contribution is -2.43. The van der Waals surface area contributed by atoms with Crippen LogP contribution in [0.25, 0.3) is 0 Å². The number of aliphatic imine (C=N–C) groups is 1. The van der Waals surface area contributed by atoms with Crippen molar-refractivity contribution in [2.24, 2.45) is 4.99 Å². The van der Waals surface area contributed by atoms with Crippen molar-refractivity contribution in [1.82, 2.24) is 15.5 Å². The molecule has 0 aromatic heterocycles. The predicted molar refractivity (Wildman–Crippen MR) is 140 cm³/mol. The standard InChI is InChI=1S/C22H38N4O2S.HI/c1-6-26(7-2)12-13-28-19-10-9-18(15-20(19)27-5)16-24-21(23-4)25-17-22(3)11-8-14-29-22;/h9-10,15H,6-8,11-14,16-17H2,1-5H3,(H2,23,24,25);1H. The highest BCUT2D eigenvalue weighted by Gasteiger charge is 2.29. The van der Waals surface area contributed by atoms with Gasteiger partial charge in [0.25, 0.3) is 0 Å². The second kappa shape index (κ2) is 14.2. The van der Waals surface area contributed by atoms with Gasteiger partial charge >= 0.3 is 0 Å². The van der Waals surface area contributed by atoms with Crippen LogP contribution in [-0.2, 0) is 6.54 Å². The van der Waals surface area contributed by atoms with E-state index in [1.165, 1.54) is 18.6 Å². The van der Waals surface area contributed by atoms with E-state index in [2.05, 4.69) is 59.1 Å². The van der Waals surface area contributed by atoms with Gasteiger partial charge in [0.2, 0.25) is 0 Å². The van der Waals surface area contributed by atoms with Crippen LogP contribution in [0.2, 0.25) is 0 Å². The normalized spacial score (nSPS) is 18.8. The van der Waals surface area contributed by atoms with Crippen molar-refractivity contribution in [3.05, 3.63) is 23.8 Å². The summed E-state index contributed by atoms with van der Waals surface area (Å²) >= 11 is 2.05. The molecule has 0 aliphatic carbocycles. The molecule has 1 aliphatic heterocycles. The van der Waals surface area contributed by atoms with Crippen molar-refractivity contribution in [3.8, 4) is 11.5 Å². The number of ether oxygens (including phenoxy) is 2. The highest BCUT2D eigenvalue weighted by atomic mass is 127. The number of methoxy groups -OCH3 is 1. The number of guanidine groups is 1. The molecular formula is C22H39IN4O2S. The van der Waals surface area contributed by atoms with Crippen LogP contribution in [0.3, 0.4) is 0 Å². The molecule has 1 aromatic carbocycles. The molecule has 2 N–H and O–H groups in total. The maximum Gasteiger partial charge on any atom is 0.191 e. The minimum atomic E-state index is 0. The molecule has 1 aromatic rings. The molecule has 2 rings (SSSR count). The van der Waals surface area contributed by atoms with E-state index in [9.17, 15) is 0 Å². The van der Waals surface area contributed by atoms with E-state index in [1.807, 2.05) is 19.2 Å². The second-order valence-electron chi connectivity index (χ2n) is 7.54. The van der Waals surface area contributed by atoms with Crippen molar-refractivity contribution in [3.63, 3.8) is 0 Å². The minimum absolute atomic E-state index is 0. The van der Waals surface area contributed by atoms with Gasteiger partial charge in [-0.05, 0) is 56.3 Å². The van der Waals surface area contributed by atoms with Crippen molar-refractivity contribution < 1.29 is 9.47 Å². The quantitative estimate of drug-likeness (QED) is 0.247. The van der Waals surface area contributed by atoms with E-state index in [1.54, 1.807) is 7.11 Å². The van der Waals surface area contributed by atoms with Crippen LogP contribution < -0.4 is 20.1 Å². The molecule has 0 saturated carbocycles. The zero-order valence-electron chi connectivity index (χ0n) is 19.1. The first kappa shape index (κ1) is 27.2. The molecule has 0 radical (unpaired) electrons. The molecule has 6 nitrogen and oxygen atoms in total. The van der Waals surface area contributed by atoms with Gasteiger partial charge in [0.1, 0.15) is 6.61 Å². The van der Waals surface area contributed by atoms with Crippen molar-refractivity contribution in [2.75, 3.05) is 52.7 Å². The van der Waals surface area contributed by atoms with Crippen LogP contribution in [0.5, 0.6) is 11.5 Å². The molecule has 1 atom stereocenters. The topological polar surface area (TPSA) is 58.1 Å². The summed E-state index contributed by atoms with van der Waals surface area (Å²) in [7, 11) is 3.50. The third-order valence-corrected chi connectivity index (χ3v) is 6.94. The van der Waals surface area contributed by atoms with Crippen LogP contribution in [0.15, 0.2) is 23.2 Å². The summed E-state index contributed by atoms with van der Waals surface area (Å²) in [5.41, 5.74) is 1.13. The Balaban J connectivity index is 0.00000450. The fourth-order valence-electron chi connectivity index (χ4n) is 3.42. The Hall–Kier alpha value is -0.870. The fraction of sp³-hybridized carbons (Fsp3) is 0.682. The van der Waals surface area contributed by atoms with E-state index in [4.69, 9.17) is 9.47 Å². The third-order valence-electron chi connectivity index (χ3n) is 5.40. The lowest BCUT2D eigenvalue weighted by molar-refractivity contribution is 0.217. The van der Waals surface area contributed by atoms with Gasteiger partial charge in [-0.2, -0.15) is 11.8 Å². The van der Waals surface area contributed by atoms with E-state index in [-0.39, 0.29) is 24.0 Å². The summed E-state index contributed by atoms with van der Waals surface area (Å²) in [6.45, 7) is 11.9. The van der Waals surface area contributed by atoms with Gasteiger partial charge in [0.15, 0.2) is 17.5 Å². The number of hydrogen-bond acceptors (Lipinski definition) is 5. The first-order valence-corrected chi connectivity index (χ1v) is 11.6. The first-order valence-electron chi connectivity index (χ1n) is 10.6. The van der Waals surface area contributed by atoms with Crippen LogP contribution in [0.1, 0.15) is 39.2 Å². The first-order chi connectivity index (χ1) is 14.0. The Morgan fingerprint density at radius 2 is 2.00 bits per heavy atom. The number of nitrogens with one attached hydrogen (secondary N) is 2. The predicted octanol–water partition coefficient (Wildman–Crippen LogP) is 3.98. The molecule has 1 unspecified atom stereocenters. The summed E-state index contributed by atoms with van der Waals surface area (Å²) in [4.78, 5) is 6.69. The molecule has 1 fully saturated rings. The largest absolute Gasteiger partial charge is 0.493 e. The maximum absolute atomic E-state index is 5.95. The Bertz CT molecular complexity index is 650. The summed E-state index contributed by atoms with van der Waals surface area (Å²) in [6, 6.07) is 6.09. The molecule has 1 heterocycles. The summed E-state index contributed by atoms with van der Waals surface area (Å²) < 4.78 is 11.8. The molecule has 30 heavy (non-hydrogen) atoms. The van der Waals surface area contributed by atoms with E-state index in [0.717, 1.165) is 49.2 Å². The maximum atomic E-state index is 5.95. The lowest BCUT2D eigenvalue weighted by atomic mass is 10.1. The van der Waals surface area contributed by atoms with E-state index >= 15 is 0 Å². The van der Waals surface area contributed by atoms with Gasteiger partial charge in [-0.25, -0.2) is 0 Å². The zero-order chi connectivity index (χ0) is 21.1. The lowest BCUT2D eigenvalue weighted by Gasteiger charge is -2.24. The molecular weight excluding hydrogens is 511 g/mol. The third kappa shape index (κ3) is 8.70. The van der Waals surface area contributed by atoms with E-state index < -0.39 is 0 Å². The average molecular weight is 551 g/mol. The van der Waals surface area contributed by atoms with E-state index in [0.29, 0.717) is 17.9 Å². The van der Waals surface area contributed by atoms with Gasteiger partial charge < -0.3 is 25.0 Å². The van der Waals surface area contributed by atoms with Gasteiger partial charge in [0, 0.05) is 31.4 Å². The molecule has 1 saturated heterocycles. The van der Waals surface area contributed by atoms with Crippen LogP contribution >= 0.6 is 35.7 Å². The van der Waals surface area contributed by atoms with Gasteiger partial charge in [0.05, 0.1) is 7.11 Å². The Morgan fingerprint density at radius 3 is 2.60 bits per heavy atom. The molecule has 0 spiro atoms. The Kier molecular flexibility index (Phi) is 12.9. The van der Waals surface area contributed by atoms with Gasteiger partial charge in [-0.3, -0.25) is 4.99 Å². The smallest absolute Gasteiger partial charge is 0.191 e. The SMILES string of the molecule is CCN(CC)CCOc1ccc(CNC(=NC)NCC2(C)CCCS2)cc1OC.I. The summed E-state index contributed by atoms with van der Waals surface area (Å²) in [5, 5.41) is 6.87. The second-order valence-corrected chi connectivity index (χ2v) is 9.22. The number of likely N-dealkylation sites (N-methyl/N-ethyl adjacent to an activating group) is 1. The summed E-state index contributed by atoms with van der Waals surface area (Å²) in [6.07, 6.45) is 2.56. The van der Waals surface area contributed by atoms with Crippen LogP contribution in [-0.4, -0.2) is 68.3 Å². The number of nitrogens with zero attached hydrogens (tertiary/aromatic N) is 2. The molecule has 1 aliphatic rings. The van der Waals surface area contributed by atoms with Crippen molar-refractivity contribution in [2.45, 2.75) is 44.9 Å². The average Bonchev–Trinajstić information content (AvgIpc) is 3.18. The number of thioether (sulfide) groups is 1. The number of hydrogen-bond donors (Lipinski definition) is 2. The highest BCUT2D eigenvalue weighted by Crippen LogP contribution is 2.36. The van der Waals surface area contributed by atoms with Crippen molar-refractivity contribution in [1.29, 1.82) is 0 Å². The minimum Gasteiger partial charge on any atom is -0.493 e. The monoisotopic (exact) mass is 550 g/mol. The van der Waals surface area contributed by atoms with Crippen LogP contribution in [0, 0.1) is 0 Å². The highest BCUT2D eigenvalue weighted by molar-refractivity contribution is 14.0.